The van der Waals surface area contributed by atoms with Gasteiger partial charge in [0.15, 0.2) is 11.5 Å². The second-order valence-corrected chi connectivity index (χ2v) is 8.60. The van der Waals surface area contributed by atoms with Crippen molar-refractivity contribution < 1.29 is 13.9 Å². The van der Waals surface area contributed by atoms with E-state index in [2.05, 4.69) is 20.2 Å². The molecular weight excluding hydrogens is 425 g/mol. The van der Waals surface area contributed by atoms with Crippen LogP contribution in [0.25, 0.3) is 11.0 Å². The highest BCUT2D eigenvalue weighted by molar-refractivity contribution is 5.74. The number of hydrogen-bond acceptors (Lipinski definition) is 7. The Kier molecular flexibility index (Phi) is 6.24. The fourth-order valence-electron chi connectivity index (χ4n) is 4.46. The summed E-state index contributed by atoms with van der Waals surface area (Å²) in [6.45, 7) is 6.59. The number of aromatic nitrogens is 3. The third-order valence-corrected chi connectivity index (χ3v) is 6.39. The summed E-state index contributed by atoms with van der Waals surface area (Å²) in [6.07, 6.45) is 3.76. The minimum atomic E-state index is -0.388. The van der Waals surface area contributed by atoms with Crippen LogP contribution >= 0.6 is 0 Å². The Hall–Kier alpha value is -3.04. The molecule has 0 aromatic carbocycles. The minimum absolute atomic E-state index is 0.129. The first-order valence-corrected chi connectivity index (χ1v) is 11.4. The summed E-state index contributed by atoms with van der Waals surface area (Å²) in [5.74, 6) is 1.08. The molecule has 5 rings (SSSR count). The Balaban J connectivity index is 1.14. The molecule has 2 aliphatic heterocycles. The molecule has 2 aliphatic rings. The van der Waals surface area contributed by atoms with Gasteiger partial charge in [-0.25, -0.2) is 9.37 Å². The van der Waals surface area contributed by atoms with E-state index in [1.54, 1.807) is 23.8 Å². The molecule has 5 heterocycles. The zero-order chi connectivity index (χ0) is 22.8. The topological polar surface area (TPSA) is 81.5 Å². The van der Waals surface area contributed by atoms with Crippen LogP contribution in [0.2, 0.25) is 0 Å². The van der Waals surface area contributed by atoms with Crippen LogP contribution in [0, 0.1) is 12.7 Å². The highest BCUT2D eigenvalue weighted by atomic mass is 19.1. The predicted molar refractivity (Wildman–Crippen MR) is 122 cm³/mol. The Labute approximate surface area is 191 Å². The number of hydrogen-bond donors (Lipinski definition) is 1. The largest absolute Gasteiger partial charge is 0.486 e. The lowest BCUT2D eigenvalue weighted by molar-refractivity contribution is 0.170. The molecule has 1 saturated heterocycles. The van der Waals surface area contributed by atoms with E-state index >= 15 is 0 Å². The molecule has 8 nitrogen and oxygen atoms in total. The number of likely N-dealkylation sites (tertiary alicyclic amines) is 1. The zero-order valence-corrected chi connectivity index (χ0v) is 18.7. The van der Waals surface area contributed by atoms with Gasteiger partial charge >= 0.3 is 0 Å². The maximum Gasteiger partial charge on any atom is 0.251 e. The van der Waals surface area contributed by atoms with Gasteiger partial charge in [-0.2, -0.15) is 0 Å². The molecule has 0 spiro atoms. The first kappa shape index (κ1) is 21.8. The van der Waals surface area contributed by atoms with Gasteiger partial charge < -0.3 is 24.3 Å². The lowest BCUT2D eigenvalue weighted by atomic mass is 10.0. The summed E-state index contributed by atoms with van der Waals surface area (Å²) < 4.78 is 26.8. The molecule has 1 N–H and O–H groups in total. The van der Waals surface area contributed by atoms with E-state index in [0.29, 0.717) is 54.8 Å². The van der Waals surface area contributed by atoms with Crippen LogP contribution in [-0.2, 0) is 13.1 Å². The molecular formula is C24H28FN5O3. The Morgan fingerprint density at radius 1 is 1.12 bits per heavy atom. The van der Waals surface area contributed by atoms with E-state index in [1.807, 2.05) is 6.07 Å². The maximum atomic E-state index is 14.1. The molecule has 3 aromatic heterocycles. The van der Waals surface area contributed by atoms with Crippen LogP contribution in [0.3, 0.4) is 0 Å². The van der Waals surface area contributed by atoms with Gasteiger partial charge in [-0.3, -0.25) is 9.78 Å². The molecule has 0 amide bonds. The SMILES string of the molecule is Cc1nc2ccc(=O)n(CCN3CCC(NCc4cc5c(cn4)OCCO5)CC3)c2cc1F. The number of halogens is 1. The molecule has 0 bridgehead atoms. The fraction of sp³-hybridized carbons (Fsp3) is 0.458. The molecule has 33 heavy (non-hydrogen) atoms. The average Bonchev–Trinajstić information content (AvgIpc) is 2.84. The summed E-state index contributed by atoms with van der Waals surface area (Å²) in [5.41, 5.74) is 2.34. The third kappa shape index (κ3) is 4.84. The number of ether oxygens (including phenoxy) is 2. The van der Waals surface area contributed by atoms with Crippen LogP contribution in [0.1, 0.15) is 24.2 Å². The summed E-state index contributed by atoms with van der Waals surface area (Å²) in [5, 5.41) is 3.59. The van der Waals surface area contributed by atoms with Crippen molar-refractivity contribution in [1.82, 2.24) is 24.8 Å². The van der Waals surface area contributed by atoms with E-state index < -0.39 is 0 Å². The number of aryl methyl sites for hydroxylation is 1. The van der Waals surface area contributed by atoms with Crippen molar-refractivity contribution in [3.05, 3.63) is 58.0 Å². The van der Waals surface area contributed by atoms with Gasteiger partial charge in [0.1, 0.15) is 19.0 Å². The first-order valence-electron chi connectivity index (χ1n) is 11.4. The Bertz CT molecular complexity index is 1210. The van der Waals surface area contributed by atoms with Gasteiger partial charge in [-0.05, 0) is 38.9 Å². The summed E-state index contributed by atoms with van der Waals surface area (Å²) in [4.78, 5) is 23.5. The lowest BCUT2D eigenvalue weighted by Crippen LogP contribution is -2.43. The van der Waals surface area contributed by atoms with Crippen LogP contribution in [0.5, 0.6) is 11.5 Å². The van der Waals surface area contributed by atoms with Crippen molar-refractivity contribution in [2.24, 2.45) is 0 Å². The van der Waals surface area contributed by atoms with Crippen LogP contribution in [0.4, 0.5) is 4.39 Å². The van der Waals surface area contributed by atoms with Crippen molar-refractivity contribution in [2.75, 3.05) is 32.8 Å². The number of piperidine rings is 1. The first-order chi connectivity index (χ1) is 16.1. The summed E-state index contributed by atoms with van der Waals surface area (Å²) in [6, 6.07) is 6.94. The monoisotopic (exact) mass is 453 g/mol. The van der Waals surface area contributed by atoms with E-state index in [-0.39, 0.29) is 11.4 Å². The highest BCUT2D eigenvalue weighted by Gasteiger charge is 2.20. The van der Waals surface area contributed by atoms with Gasteiger partial charge in [0.25, 0.3) is 5.56 Å². The normalized spacial score (nSPS) is 16.9. The van der Waals surface area contributed by atoms with E-state index in [9.17, 15) is 9.18 Å². The van der Waals surface area contributed by atoms with Crippen LogP contribution in [0.15, 0.2) is 35.3 Å². The van der Waals surface area contributed by atoms with Crippen molar-refractivity contribution in [3.63, 3.8) is 0 Å². The van der Waals surface area contributed by atoms with Crippen molar-refractivity contribution in [2.45, 2.75) is 38.9 Å². The number of rotatable bonds is 6. The number of fused-ring (bicyclic) bond motifs is 2. The second-order valence-electron chi connectivity index (χ2n) is 8.60. The fourth-order valence-corrected chi connectivity index (χ4v) is 4.46. The van der Waals surface area contributed by atoms with Gasteiger partial charge in [-0.15, -0.1) is 0 Å². The number of pyridine rings is 3. The standard InChI is InChI=1S/C24H28FN5O3/c1-16-19(25)13-21-20(28-16)2-3-24(31)30(21)9-8-29-6-4-17(5-7-29)26-14-18-12-22-23(15-27-18)33-11-10-32-22/h2-3,12-13,15,17,26H,4-11,14H2,1H3. The van der Waals surface area contributed by atoms with Crippen molar-refractivity contribution in [3.8, 4) is 11.5 Å². The quantitative estimate of drug-likeness (QED) is 0.613. The molecule has 0 atom stereocenters. The third-order valence-electron chi connectivity index (χ3n) is 6.39. The summed E-state index contributed by atoms with van der Waals surface area (Å²) in [7, 11) is 0. The van der Waals surface area contributed by atoms with Crippen molar-refractivity contribution in [1.29, 1.82) is 0 Å². The van der Waals surface area contributed by atoms with Gasteiger partial charge in [0.2, 0.25) is 0 Å². The van der Waals surface area contributed by atoms with Gasteiger partial charge in [0, 0.05) is 43.9 Å². The van der Waals surface area contributed by atoms with Crippen molar-refractivity contribution >= 4 is 11.0 Å². The Morgan fingerprint density at radius 3 is 2.73 bits per heavy atom. The Morgan fingerprint density at radius 2 is 1.91 bits per heavy atom. The molecule has 0 aliphatic carbocycles. The molecule has 9 heteroatoms. The summed E-state index contributed by atoms with van der Waals surface area (Å²) >= 11 is 0. The highest BCUT2D eigenvalue weighted by Crippen LogP contribution is 2.29. The van der Waals surface area contributed by atoms with E-state index in [4.69, 9.17) is 9.47 Å². The number of nitrogens with one attached hydrogen (secondary N) is 1. The lowest BCUT2D eigenvalue weighted by Gasteiger charge is -2.32. The second kappa shape index (κ2) is 9.44. The van der Waals surface area contributed by atoms with E-state index in [1.165, 1.54) is 12.1 Å². The smallest absolute Gasteiger partial charge is 0.251 e. The number of nitrogens with zero attached hydrogens (tertiary/aromatic N) is 4. The molecule has 1 fully saturated rings. The van der Waals surface area contributed by atoms with Gasteiger partial charge in [-0.1, -0.05) is 0 Å². The molecule has 0 saturated carbocycles. The van der Waals surface area contributed by atoms with Crippen LogP contribution in [-0.4, -0.2) is 58.3 Å². The zero-order valence-electron chi connectivity index (χ0n) is 18.7. The minimum Gasteiger partial charge on any atom is -0.486 e. The molecule has 0 unspecified atom stereocenters. The van der Waals surface area contributed by atoms with Gasteiger partial charge in [0.05, 0.1) is 28.6 Å². The molecule has 3 aromatic rings. The molecule has 174 valence electrons. The maximum absolute atomic E-state index is 14.1. The predicted octanol–water partition coefficient (Wildman–Crippen LogP) is 2.26. The van der Waals surface area contributed by atoms with Crippen LogP contribution < -0.4 is 20.3 Å². The average molecular weight is 454 g/mol. The molecule has 0 radical (unpaired) electrons. The van der Waals surface area contributed by atoms with E-state index in [0.717, 1.165) is 43.9 Å².